The van der Waals surface area contributed by atoms with E-state index in [1.807, 2.05) is 13.8 Å². The summed E-state index contributed by atoms with van der Waals surface area (Å²) >= 11 is 0. The van der Waals surface area contributed by atoms with Gasteiger partial charge < -0.3 is 9.05 Å². The van der Waals surface area contributed by atoms with Crippen LogP contribution in [0.2, 0.25) is 0 Å². The van der Waals surface area contributed by atoms with Gasteiger partial charge in [-0.15, -0.1) is 0 Å². The zero-order valence-electron chi connectivity index (χ0n) is 11.3. The fraction of sp³-hybridized carbons (Fsp3) is 0.909. The Hall–Kier alpha value is -0.180. The first-order chi connectivity index (χ1) is 7.31. The Balaban J connectivity index is 0. The Labute approximate surface area is 99.7 Å². The van der Waals surface area contributed by atoms with Crippen molar-refractivity contribution < 1.29 is 18.4 Å². The molecule has 0 unspecified atom stereocenters. The normalized spacial score (nSPS) is 10.9. The number of Topliss-reactive ketones (excluding diaryl/α,β-unsaturated/α-hetero) is 1. The second-order valence-corrected chi connectivity index (χ2v) is 5.52. The molecule has 5 heteroatoms. The van der Waals surface area contributed by atoms with Crippen molar-refractivity contribution in [3.8, 4) is 0 Å². The summed E-state index contributed by atoms with van der Waals surface area (Å²) in [7, 11) is 0.558. The summed E-state index contributed by atoms with van der Waals surface area (Å²) in [5, 5.41) is 0. The molecule has 98 valence electrons. The largest absolute Gasteiger partial charge is 0.318 e. The van der Waals surface area contributed by atoms with E-state index in [-0.39, 0.29) is 5.41 Å². The van der Waals surface area contributed by atoms with Crippen LogP contribution in [0.1, 0.15) is 47.0 Å². The summed E-state index contributed by atoms with van der Waals surface area (Å²) in [5.41, 5.74) is -0.0873. The van der Waals surface area contributed by atoms with Crippen LogP contribution in [-0.2, 0) is 18.4 Å². The maximum Gasteiger partial charge on any atom is 0.318 e. The molecule has 4 nitrogen and oxygen atoms in total. The summed E-state index contributed by atoms with van der Waals surface area (Å²) in [4.78, 5) is 11.0. The lowest BCUT2D eigenvalue weighted by atomic mass is 9.84. The minimum absolute atomic E-state index is 0.0873. The van der Waals surface area contributed by atoms with Crippen molar-refractivity contribution in [1.29, 1.82) is 0 Å². The number of hydrogen-bond acceptors (Lipinski definition) is 4. The second kappa shape index (κ2) is 10.0. The van der Waals surface area contributed by atoms with Crippen LogP contribution in [0.5, 0.6) is 0 Å². The maximum atomic E-state index is 11.0. The van der Waals surface area contributed by atoms with Crippen LogP contribution in [0.4, 0.5) is 0 Å². The molecule has 16 heavy (non-hydrogen) atoms. The average Bonchev–Trinajstić information content (AvgIpc) is 2.26. The molecular weight excluding hydrogens is 227 g/mol. The zero-order valence-corrected chi connectivity index (χ0v) is 12.3. The Morgan fingerprint density at radius 2 is 1.69 bits per heavy atom. The molecule has 0 atom stereocenters. The van der Waals surface area contributed by atoms with E-state index < -0.39 is 8.25 Å². The lowest BCUT2D eigenvalue weighted by Gasteiger charge is -2.19. The van der Waals surface area contributed by atoms with Crippen LogP contribution >= 0.6 is 8.25 Å². The SMILES string of the molecule is CCCCC(C)(C)C(C)=O.CO[PH](=O)OC. The van der Waals surface area contributed by atoms with E-state index in [4.69, 9.17) is 0 Å². The average molecular weight is 252 g/mol. The molecule has 0 spiro atoms. The molecule has 0 saturated carbocycles. The molecule has 0 bridgehead atoms. The van der Waals surface area contributed by atoms with Gasteiger partial charge in [-0.25, -0.2) is 0 Å². The molecule has 0 saturated heterocycles. The lowest BCUT2D eigenvalue weighted by Crippen LogP contribution is -2.20. The minimum Gasteiger partial charge on any atom is -0.314 e. The number of unbranched alkanes of at least 4 members (excludes halogenated alkanes) is 1. The highest BCUT2D eigenvalue weighted by atomic mass is 31.1. The summed E-state index contributed by atoms with van der Waals surface area (Å²) in [5.74, 6) is 0.306. The summed E-state index contributed by atoms with van der Waals surface area (Å²) < 4.78 is 18.4. The van der Waals surface area contributed by atoms with Gasteiger partial charge in [0.2, 0.25) is 0 Å². The molecule has 0 aliphatic rings. The monoisotopic (exact) mass is 252 g/mol. The molecule has 0 radical (unpaired) electrons. The fourth-order valence-electron chi connectivity index (χ4n) is 0.878. The van der Waals surface area contributed by atoms with Crippen LogP contribution in [0, 0.1) is 5.41 Å². The Kier molecular flexibility index (Phi) is 11.4. The number of ketones is 1. The van der Waals surface area contributed by atoms with Crippen LogP contribution < -0.4 is 0 Å². The van der Waals surface area contributed by atoms with E-state index in [9.17, 15) is 9.36 Å². The highest BCUT2D eigenvalue weighted by Crippen LogP contribution is 2.23. The zero-order chi connectivity index (χ0) is 13.2. The molecule has 0 aliphatic heterocycles. The van der Waals surface area contributed by atoms with Crippen molar-refractivity contribution >= 4 is 14.0 Å². The Morgan fingerprint density at radius 1 is 1.25 bits per heavy atom. The van der Waals surface area contributed by atoms with Gasteiger partial charge in [0.05, 0.1) is 0 Å². The maximum absolute atomic E-state index is 11.0. The van der Waals surface area contributed by atoms with Crippen LogP contribution in [0.3, 0.4) is 0 Å². The number of hydrogen-bond donors (Lipinski definition) is 0. The molecular formula is C11H25O4P. The number of carbonyl (C=O) groups excluding carboxylic acids is 1. The van der Waals surface area contributed by atoms with Crippen molar-refractivity contribution in [3.05, 3.63) is 0 Å². The molecule has 0 amide bonds. The van der Waals surface area contributed by atoms with Gasteiger partial charge in [-0.3, -0.25) is 9.36 Å². The highest BCUT2D eigenvalue weighted by Gasteiger charge is 2.21. The van der Waals surface area contributed by atoms with E-state index in [1.165, 1.54) is 20.6 Å². The van der Waals surface area contributed by atoms with Gasteiger partial charge in [0.25, 0.3) is 0 Å². The van der Waals surface area contributed by atoms with Gasteiger partial charge in [0.15, 0.2) is 0 Å². The van der Waals surface area contributed by atoms with Gasteiger partial charge in [-0.05, 0) is 13.3 Å². The predicted molar refractivity (Wildman–Crippen MR) is 67.0 cm³/mol. The summed E-state index contributed by atoms with van der Waals surface area (Å²) in [6.07, 6.45) is 3.36. The van der Waals surface area contributed by atoms with Crippen LogP contribution in [0.15, 0.2) is 0 Å². The summed E-state index contributed by atoms with van der Waals surface area (Å²) in [6, 6.07) is 0. The highest BCUT2D eigenvalue weighted by molar-refractivity contribution is 7.33. The van der Waals surface area contributed by atoms with Gasteiger partial charge >= 0.3 is 8.25 Å². The molecule has 0 aromatic heterocycles. The minimum atomic E-state index is -2.12. The van der Waals surface area contributed by atoms with Gasteiger partial charge in [0, 0.05) is 19.6 Å². The predicted octanol–water partition coefficient (Wildman–Crippen LogP) is 3.46. The fourth-order valence-corrected chi connectivity index (χ4v) is 1.04. The standard InChI is InChI=1S/C9H18O.C2H7O3P/c1-5-6-7-9(3,4)8(2)10;1-4-6(3)5-2/h5-7H2,1-4H3;6H,1-2H3. The van der Waals surface area contributed by atoms with Gasteiger partial charge in [-0.1, -0.05) is 33.6 Å². The van der Waals surface area contributed by atoms with Crippen molar-refractivity contribution in [2.24, 2.45) is 5.41 Å². The van der Waals surface area contributed by atoms with E-state index in [2.05, 4.69) is 16.0 Å². The number of rotatable bonds is 6. The van der Waals surface area contributed by atoms with E-state index in [1.54, 1.807) is 6.92 Å². The van der Waals surface area contributed by atoms with Crippen molar-refractivity contribution in [2.75, 3.05) is 14.2 Å². The van der Waals surface area contributed by atoms with Crippen molar-refractivity contribution in [2.45, 2.75) is 47.0 Å². The molecule has 0 fully saturated rings. The van der Waals surface area contributed by atoms with E-state index in [0.717, 1.165) is 12.8 Å². The molecule has 0 aromatic carbocycles. The molecule has 0 rings (SSSR count). The first-order valence-electron chi connectivity index (χ1n) is 5.44. The Bertz CT molecular complexity index is 208. The van der Waals surface area contributed by atoms with E-state index >= 15 is 0 Å². The van der Waals surface area contributed by atoms with Crippen molar-refractivity contribution in [1.82, 2.24) is 0 Å². The van der Waals surface area contributed by atoms with Crippen LogP contribution in [-0.4, -0.2) is 20.0 Å². The third kappa shape index (κ3) is 10.3. The molecule has 0 heterocycles. The summed E-state index contributed by atoms with van der Waals surface area (Å²) in [6.45, 7) is 7.86. The second-order valence-electron chi connectivity index (χ2n) is 4.20. The number of carbonyl (C=O) groups is 1. The third-order valence-electron chi connectivity index (χ3n) is 2.44. The van der Waals surface area contributed by atoms with E-state index in [0.29, 0.717) is 5.78 Å². The molecule has 0 aliphatic carbocycles. The first-order valence-corrected chi connectivity index (χ1v) is 6.67. The first kappa shape index (κ1) is 18.2. The quantitative estimate of drug-likeness (QED) is 0.679. The molecule has 0 N–H and O–H groups in total. The van der Waals surface area contributed by atoms with Gasteiger partial charge in [-0.2, -0.15) is 0 Å². The van der Waals surface area contributed by atoms with Gasteiger partial charge in [0.1, 0.15) is 5.78 Å². The Morgan fingerprint density at radius 3 is 1.88 bits per heavy atom. The smallest absolute Gasteiger partial charge is 0.314 e. The topological polar surface area (TPSA) is 52.6 Å². The lowest BCUT2D eigenvalue weighted by molar-refractivity contribution is -0.125. The molecule has 0 aromatic rings. The van der Waals surface area contributed by atoms with Crippen molar-refractivity contribution in [3.63, 3.8) is 0 Å². The third-order valence-corrected chi connectivity index (χ3v) is 3.11. The van der Waals surface area contributed by atoms with Crippen LogP contribution in [0.25, 0.3) is 0 Å².